The van der Waals surface area contributed by atoms with E-state index in [-0.39, 0.29) is 12.1 Å². The molecule has 0 radical (unpaired) electrons. The van der Waals surface area contributed by atoms with Gasteiger partial charge in [0.15, 0.2) is 0 Å². The van der Waals surface area contributed by atoms with E-state index in [4.69, 9.17) is 10.2 Å². The van der Waals surface area contributed by atoms with E-state index in [2.05, 4.69) is 20.8 Å². The zero-order valence-electron chi connectivity index (χ0n) is 17.2. The Morgan fingerprint density at radius 2 is 1.52 bits per heavy atom. The van der Waals surface area contributed by atoms with Crippen molar-refractivity contribution in [2.75, 3.05) is 20.6 Å². The van der Waals surface area contributed by atoms with Crippen molar-refractivity contribution in [1.82, 2.24) is 9.80 Å². The van der Waals surface area contributed by atoms with Gasteiger partial charge in [-0.25, -0.2) is 0 Å². The van der Waals surface area contributed by atoms with Gasteiger partial charge in [0.05, 0.1) is 0 Å². The summed E-state index contributed by atoms with van der Waals surface area (Å²) in [6.07, 6.45) is 5.66. The third-order valence-electron chi connectivity index (χ3n) is 3.95. The lowest BCUT2D eigenvalue weighted by Gasteiger charge is -2.19. The number of hydrogen-bond donors (Lipinski definition) is 2. The molecule has 1 fully saturated rings. The predicted octanol–water partition coefficient (Wildman–Crippen LogP) is 3.18. The van der Waals surface area contributed by atoms with Gasteiger partial charge in [0.1, 0.15) is 12.1 Å². The first-order chi connectivity index (χ1) is 11.6. The number of nitrogens with zero attached hydrogens (tertiary/aromatic N) is 2. The summed E-state index contributed by atoms with van der Waals surface area (Å²) in [6, 6.07) is -0.411. The molecule has 4 atom stereocenters. The van der Waals surface area contributed by atoms with Crippen molar-refractivity contribution in [3.05, 3.63) is 12.2 Å². The van der Waals surface area contributed by atoms with E-state index in [1.165, 1.54) is 6.42 Å². The third kappa shape index (κ3) is 9.60. The number of carboxylic acid groups (broad SMARTS) is 2. The number of likely N-dealkylation sites (tertiary alicyclic amines) is 1. The van der Waals surface area contributed by atoms with Crippen LogP contribution in [-0.2, 0) is 9.59 Å². The maximum atomic E-state index is 10.5. The molecular formula is C19H38N2O4. The van der Waals surface area contributed by atoms with Crippen LogP contribution in [0.15, 0.2) is 12.2 Å². The fraction of sp³-hybridized carbons (Fsp3) is 0.789. The number of likely N-dealkylation sites (N-methyl/N-ethyl adjacent to an activating group) is 2. The Hall–Kier alpha value is -1.40. The van der Waals surface area contributed by atoms with E-state index in [9.17, 15) is 9.59 Å². The molecule has 2 aliphatic heterocycles. The summed E-state index contributed by atoms with van der Waals surface area (Å²) in [6.45, 7) is 13.2. The fourth-order valence-corrected chi connectivity index (χ4v) is 2.59. The Kier molecular flexibility index (Phi) is 14.3. The Morgan fingerprint density at radius 1 is 1.04 bits per heavy atom. The Bertz CT molecular complexity index is 412. The monoisotopic (exact) mass is 358 g/mol. The molecule has 0 spiro atoms. The van der Waals surface area contributed by atoms with E-state index in [1.54, 1.807) is 6.08 Å². The first kappa shape index (κ1) is 25.8. The second-order valence-electron chi connectivity index (χ2n) is 6.42. The van der Waals surface area contributed by atoms with Gasteiger partial charge in [-0.1, -0.05) is 53.2 Å². The second kappa shape index (κ2) is 13.8. The highest BCUT2D eigenvalue weighted by Gasteiger charge is 2.31. The molecule has 2 N–H and O–H groups in total. The molecule has 0 aliphatic carbocycles. The molecule has 2 aliphatic rings. The van der Waals surface area contributed by atoms with E-state index < -0.39 is 18.0 Å². The first-order valence-electron chi connectivity index (χ1n) is 9.21. The summed E-state index contributed by atoms with van der Waals surface area (Å²) >= 11 is 0. The van der Waals surface area contributed by atoms with Crippen molar-refractivity contribution >= 4 is 11.9 Å². The summed E-state index contributed by atoms with van der Waals surface area (Å²) in [4.78, 5) is 24.7. The highest BCUT2D eigenvalue weighted by Crippen LogP contribution is 2.20. The summed E-state index contributed by atoms with van der Waals surface area (Å²) in [5.41, 5.74) is 0. The molecule has 6 heteroatoms. The molecule has 0 saturated carbocycles. The number of carboxylic acids is 2. The zero-order chi connectivity index (χ0) is 20.2. The summed E-state index contributed by atoms with van der Waals surface area (Å²) in [7, 11) is 3.67. The quantitative estimate of drug-likeness (QED) is 0.738. The molecule has 1 saturated heterocycles. The molecule has 0 aromatic carbocycles. The maximum absolute atomic E-state index is 10.5. The summed E-state index contributed by atoms with van der Waals surface area (Å²) in [5, 5.41) is 17.3. The Balaban J connectivity index is 0. The molecule has 2 heterocycles. The van der Waals surface area contributed by atoms with E-state index >= 15 is 0 Å². The fourth-order valence-electron chi connectivity index (χ4n) is 2.59. The molecule has 0 aromatic rings. The van der Waals surface area contributed by atoms with Gasteiger partial charge >= 0.3 is 11.9 Å². The topological polar surface area (TPSA) is 81.1 Å². The van der Waals surface area contributed by atoms with Gasteiger partial charge in [-0.15, -0.1) is 0 Å². The molecule has 2 rings (SSSR count). The second-order valence-corrected chi connectivity index (χ2v) is 6.42. The molecule has 6 nitrogen and oxygen atoms in total. The van der Waals surface area contributed by atoms with Gasteiger partial charge < -0.3 is 10.2 Å². The van der Waals surface area contributed by atoms with Gasteiger partial charge in [-0.05, 0) is 33.4 Å². The van der Waals surface area contributed by atoms with Gasteiger partial charge in [-0.2, -0.15) is 0 Å². The smallest absolute Gasteiger partial charge is 0.324 e. The molecule has 0 bridgehead atoms. The zero-order valence-corrected chi connectivity index (χ0v) is 17.2. The minimum atomic E-state index is -0.775. The average Bonchev–Trinajstić information content (AvgIpc) is 3.05. The standard InChI is InChI=1S/C7H13NO2.C7H11NO2.C3H8.C2H6/c1-5-3-6(7(9)10)8(2)4-5;1-5-3-4-6(7(9)10)8(5)2;1-3-2;1-2/h5-6H,3-4H2,1-2H3,(H,9,10);3-6H,1-2H3,(H,9,10);3H2,1-2H3;1-2H3. The molecule has 0 amide bonds. The minimum absolute atomic E-state index is 0.241. The van der Waals surface area contributed by atoms with Gasteiger partial charge in [-0.3, -0.25) is 19.4 Å². The molecule has 25 heavy (non-hydrogen) atoms. The maximum Gasteiger partial charge on any atom is 0.324 e. The normalized spacial score (nSPS) is 28.0. The van der Waals surface area contributed by atoms with Gasteiger partial charge in [0, 0.05) is 12.6 Å². The van der Waals surface area contributed by atoms with Crippen molar-refractivity contribution < 1.29 is 19.8 Å². The summed E-state index contributed by atoms with van der Waals surface area (Å²) < 4.78 is 0. The number of carbonyl (C=O) groups is 2. The Morgan fingerprint density at radius 3 is 1.68 bits per heavy atom. The molecular weight excluding hydrogens is 320 g/mol. The lowest BCUT2D eigenvalue weighted by molar-refractivity contribution is -0.142. The van der Waals surface area contributed by atoms with Crippen LogP contribution >= 0.6 is 0 Å². The molecule has 4 unspecified atom stereocenters. The van der Waals surface area contributed by atoms with E-state index in [0.717, 1.165) is 13.0 Å². The van der Waals surface area contributed by atoms with Gasteiger partial charge in [0.25, 0.3) is 0 Å². The van der Waals surface area contributed by atoms with Crippen molar-refractivity contribution in [3.63, 3.8) is 0 Å². The van der Waals surface area contributed by atoms with Crippen molar-refractivity contribution in [2.24, 2.45) is 5.92 Å². The SMILES string of the molecule is CC.CC1C=CC(C(=O)O)N1C.CC1CC(C(=O)O)N(C)C1.CCC. The number of rotatable bonds is 2. The van der Waals surface area contributed by atoms with Crippen LogP contribution in [0.4, 0.5) is 0 Å². The minimum Gasteiger partial charge on any atom is -0.480 e. The van der Waals surface area contributed by atoms with Crippen LogP contribution in [0.5, 0.6) is 0 Å². The van der Waals surface area contributed by atoms with Crippen LogP contribution in [-0.4, -0.2) is 70.7 Å². The first-order valence-corrected chi connectivity index (χ1v) is 9.21. The third-order valence-corrected chi connectivity index (χ3v) is 3.95. The van der Waals surface area contributed by atoms with Gasteiger partial charge in [0.2, 0.25) is 0 Å². The lowest BCUT2D eigenvalue weighted by atomic mass is 10.1. The van der Waals surface area contributed by atoms with Crippen molar-refractivity contribution in [1.29, 1.82) is 0 Å². The highest BCUT2D eigenvalue weighted by atomic mass is 16.4. The van der Waals surface area contributed by atoms with Crippen LogP contribution in [0.25, 0.3) is 0 Å². The highest BCUT2D eigenvalue weighted by molar-refractivity contribution is 5.76. The Labute approximate surface area is 153 Å². The van der Waals surface area contributed by atoms with Crippen LogP contribution in [0.1, 0.15) is 54.4 Å². The number of hydrogen-bond acceptors (Lipinski definition) is 4. The van der Waals surface area contributed by atoms with E-state index in [1.807, 2.05) is 50.7 Å². The predicted molar refractivity (Wildman–Crippen MR) is 103 cm³/mol. The molecule has 0 aromatic heterocycles. The lowest BCUT2D eigenvalue weighted by Crippen LogP contribution is -2.36. The molecule has 148 valence electrons. The van der Waals surface area contributed by atoms with Crippen LogP contribution in [0, 0.1) is 5.92 Å². The average molecular weight is 359 g/mol. The van der Waals surface area contributed by atoms with E-state index in [0.29, 0.717) is 5.92 Å². The van der Waals surface area contributed by atoms with Crippen LogP contribution in [0.3, 0.4) is 0 Å². The largest absolute Gasteiger partial charge is 0.480 e. The van der Waals surface area contributed by atoms with Crippen LogP contribution in [0.2, 0.25) is 0 Å². The van der Waals surface area contributed by atoms with Crippen molar-refractivity contribution in [3.8, 4) is 0 Å². The van der Waals surface area contributed by atoms with Crippen molar-refractivity contribution in [2.45, 2.75) is 72.5 Å². The number of aliphatic carboxylic acids is 2. The summed E-state index contributed by atoms with van der Waals surface area (Å²) in [5.74, 6) is -0.930. The van der Waals surface area contributed by atoms with Crippen LogP contribution < -0.4 is 0 Å².